The van der Waals surface area contributed by atoms with Gasteiger partial charge < -0.3 is 19.4 Å². The Balaban J connectivity index is 1.28. The van der Waals surface area contributed by atoms with E-state index in [9.17, 15) is 4.79 Å². The van der Waals surface area contributed by atoms with Crippen molar-refractivity contribution in [3.63, 3.8) is 0 Å². The molecule has 6 nitrogen and oxygen atoms in total. The molecule has 0 unspecified atom stereocenters. The third kappa shape index (κ3) is 6.40. The standard InChI is InChI=1S/C28H35N3O3/c1-21(7-6-10-22-8-4-3-5-9-22)34-27-18-24(11-12-26(27)33-2)17-23-13-15-31(16-14-23)28(32)25-19-29-20-30-25/h3-5,8-9,11-12,18-21,23H,6-7,10,13-17H2,1-2H3,(H,29,30)/t21-/m1/s1. The number of likely N-dealkylation sites (tertiary alicyclic amines) is 1. The topological polar surface area (TPSA) is 67.5 Å². The van der Waals surface area contributed by atoms with Crippen molar-refractivity contribution in [2.45, 2.75) is 51.6 Å². The van der Waals surface area contributed by atoms with Crippen LogP contribution in [0.5, 0.6) is 11.5 Å². The lowest BCUT2D eigenvalue weighted by Crippen LogP contribution is -2.39. The molecule has 1 aliphatic rings. The smallest absolute Gasteiger partial charge is 0.274 e. The van der Waals surface area contributed by atoms with Crippen molar-refractivity contribution >= 4 is 5.91 Å². The van der Waals surface area contributed by atoms with E-state index in [0.717, 1.165) is 63.1 Å². The van der Waals surface area contributed by atoms with Gasteiger partial charge >= 0.3 is 0 Å². The van der Waals surface area contributed by atoms with Crippen LogP contribution in [0.1, 0.15) is 54.2 Å². The summed E-state index contributed by atoms with van der Waals surface area (Å²) in [5.41, 5.74) is 3.11. The van der Waals surface area contributed by atoms with E-state index in [-0.39, 0.29) is 12.0 Å². The van der Waals surface area contributed by atoms with E-state index >= 15 is 0 Å². The minimum atomic E-state index is 0.0149. The number of methoxy groups -OCH3 is 1. The first-order valence-electron chi connectivity index (χ1n) is 12.3. The summed E-state index contributed by atoms with van der Waals surface area (Å²) >= 11 is 0. The molecule has 0 saturated carbocycles. The van der Waals surface area contributed by atoms with Crippen LogP contribution in [-0.4, -0.2) is 47.1 Å². The van der Waals surface area contributed by atoms with E-state index in [1.807, 2.05) is 11.0 Å². The highest BCUT2D eigenvalue weighted by Crippen LogP contribution is 2.32. The predicted molar refractivity (Wildman–Crippen MR) is 133 cm³/mol. The van der Waals surface area contributed by atoms with E-state index in [0.29, 0.717) is 11.6 Å². The molecule has 1 amide bonds. The van der Waals surface area contributed by atoms with Gasteiger partial charge in [0.15, 0.2) is 11.5 Å². The number of amides is 1. The number of aryl methyl sites for hydroxylation is 1. The molecule has 1 N–H and O–H groups in total. The average molecular weight is 462 g/mol. The zero-order valence-corrected chi connectivity index (χ0v) is 20.2. The maximum absolute atomic E-state index is 12.5. The molecule has 1 aromatic heterocycles. The highest BCUT2D eigenvalue weighted by molar-refractivity contribution is 5.92. The summed E-state index contributed by atoms with van der Waals surface area (Å²) < 4.78 is 11.9. The van der Waals surface area contributed by atoms with Crippen molar-refractivity contribution in [1.29, 1.82) is 0 Å². The molecule has 1 aliphatic heterocycles. The molecule has 1 saturated heterocycles. The largest absolute Gasteiger partial charge is 0.493 e. The molecule has 0 bridgehead atoms. The fourth-order valence-electron chi connectivity index (χ4n) is 4.67. The number of ether oxygens (including phenoxy) is 2. The first-order valence-corrected chi connectivity index (χ1v) is 12.3. The lowest BCUT2D eigenvalue weighted by atomic mass is 9.90. The van der Waals surface area contributed by atoms with Gasteiger partial charge in [-0.2, -0.15) is 0 Å². The van der Waals surface area contributed by atoms with Gasteiger partial charge in [0.05, 0.1) is 19.5 Å². The summed E-state index contributed by atoms with van der Waals surface area (Å²) in [6.45, 7) is 3.67. The normalized spacial score (nSPS) is 15.2. The number of benzene rings is 2. The molecular weight excluding hydrogens is 426 g/mol. The predicted octanol–water partition coefficient (Wildman–Crippen LogP) is 5.30. The molecule has 6 heteroatoms. The van der Waals surface area contributed by atoms with Crippen molar-refractivity contribution in [2.24, 2.45) is 5.92 Å². The second kappa shape index (κ2) is 11.7. The Labute approximate surface area is 202 Å². The minimum absolute atomic E-state index is 0.0149. The van der Waals surface area contributed by atoms with Crippen LogP contribution in [0.3, 0.4) is 0 Å². The first kappa shape index (κ1) is 23.9. The Morgan fingerprint density at radius 1 is 1.12 bits per heavy atom. The van der Waals surface area contributed by atoms with Crippen molar-refractivity contribution in [1.82, 2.24) is 14.9 Å². The zero-order valence-electron chi connectivity index (χ0n) is 20.2. The van der Waals surface area contributed by atoms with Crippen LogP contribution in [0, 0.1) is 5.92 Å². The number of carbonyl (C=O) groups excluding carboxylic acids is 1. The molecule has 0 radical (unpaired) electrons. The van der Waals surface area contributed by atoms with E-state index in [4.69, 9.17) is 9.47 Å². The van der Waals surface area contributed by atoms with Gasteiger partial charge in [-0.15, -0.1) is 0 Å². The maximum atomic E-state index is 12.5. The zero-order chi connectivity index (χ0) is 23.8. The van der Waals surface area contributed by atoms with Crippen LogP contribution < -0.4 is 9.47 Å². The molecule has 1 atom stereocenters. The van der Waals surface area contributed by atoms with Crippen LogP contribution in [0.15, 0.2) is 61.1 Å². The summed E-state index contributed by atoms with van der Waals surface area (Å²) in [6.07, 6.45) is 9.43. The number of carbonyl (C=O) groups is 1. The number of hydrogen-bond acceptors (Lipinski definition) is 4. The first-order chi connectivity index (χ1) is 16.6. The van der Waals surface area contributed by atoms with E-state index in [1.54, 1.807) is 19.6 Å². The van der Waals surface area contributed by atoms with Gasteiger partial charge in [0.25, 0.3) is 5.91 Å². The van der Waals surface area contributed by atoms with Crippen LogP contribution in [0.4, 0.5) is 0 Å². The van der Waals surface area contributed by atoms with Gasteiger partial charge in [0.1, 0.15) is 5.69 Å². The highest BCUT2D eigenvalue weighted by atomic mass is 16.5. The molecule has 0 spiro atoms. The SMILES string of the molecule is COc1ccc(CC2CCN(C(=O)c3c[nH]cn3)CC2)cc1O[C@H](C)CCCc1ccccc1. The summed E-state index contributed by atoms with van der Waals surface area (Å²) in [5.74, 6) is 2.16. The minimum Gasteiger partial charge on any atom is -0.493 e. The number of hydrogen-bond donors (Lipinski definition) is 1. The van der Waals surface area contributed by atoms with Crippen molar-refractivity contribution in [2.75, 3.05) is 20.2 Å². The fraction of sp³-hybridized carbons (Fsp3) is 0.429. The fourth-order valence-corrected chi connectivity index (χ4v) is 4.67. The van der Waals surface area contributed by atoms with Gasteiger partial charge in [-0.1, -0.05) is 36.4 Å². The maximum Gasteiger partial charge on any atom is 0.274 e. The van der Waals surface area contributed by atoms with Gasteiger partial charge in [-0.3, -0.25) is 4.79 Å². The number of rotatable bonds is 10. The average Bonchev–Trinajstić information content (AvgIpc) is 3.40. The second-order valence-electron chi connectivity index (χ2n) is 9.19. The Morgan fingerprint density at radius 2 is 1.91 bits per heavy atom. The number of H-pyrrole nitrogens is 1. The molecule has 2 aromatic carbocycles. The quantitative estimate of drug-likeness (QED) is 0.445. The van der Waals surface area contributed by atoms with Crippen molar-refractivity contribution < 1.29 is 14.3 Å². The number of aromatic nitrogens is 2. The molecule has 2 heterocycles. The van der Waals surface area contributed by atoms with Gasteiger partial charge in [0.2, 0.25) is 0 Å². The lowest BCUT2D eigenvalue weighted by molar-refractivity contribution is 0.0685. The summed E-state index contributed by atoms with van der Waals surface area (Å²) in [4.78, 5) is 21.4. The van der Waals surface area contributed by atoms with Gasteiger partial charge in [-0.05, 0) is 74.6 Å². The van der Waals surface area contributed by atoms with E-state index < -0.39 is 0 Å². The number of aromatic amines is 1. The summed E-state index contributed by atoms with van der Waals surface area (Å²) in [7, 11) is 1.69. The molecule has 34 heavy (non-hydrogen) atoms. The van der Waals surface area contributed by atoms with E-state index in [2.05, 4.69) is 59.4 Å². The van der Waals surface area contributed by atoms with Crippen molar-refractivity contribution in [3.05, 3.63) is 77.9 Å². The van der Waals surface area contributed by atoms with Crippen LogP contribution in [0.2, 0.25) is 0 Å². The Bertz CT molecular complexity index is 1030. The van der Waals surface area contributed by atoms with Gasteiger partial charge in [0, 0.05) is 19.3 Å². The monoisotopic (exact) mass is 461 g/mol. The molecular formula is C28H35N3O3. The lowest BCUT2D eigenvalue weighted by Gasteiger charge is -2.31. The molecule has 1 fully saturated rings. The second-order valence-corrected chi connectivity index (χ2v) is 9.19. The third-order valence-corrected chi connectivity index (χ3v) is 6.62. The number of nitrogens with zero attached hydrogens (tertiary/aromatic N) is 2. The summed E-state index contributed by atoms with van der Waals surface area (Å²) in [5, 5.41) is 0. The Kier molecular flexibility index (Phi) is 8.23. The molecule has 180 valence electrons. The van der Waals surface area contributed by atoms with Crippen LogP contribution >= 0.6 is 0 Å². The molecule has 4 rings (SSSR count). The van der Waals surface area contributed by atoms with Crippen molar-refractivity contribution in [3.8, 4) is 11.5 Å². The third-order valence-electron chi connectivity index (χ3n) is 6.62. The molecule has 0 aliphatic carbocycles. The van der Waals surface area contributed by atoms with E-state index in [1.165, 1.54) is 11.1 Å². The Hall–Kier alpha value is -3.28. The van der Waals surface area contributed by atoms with Gasteiger partial charge in [-0.25, -0.2) is 4.98 Å². The Morgan fingerprint density at radius 3 is 2.62 bits per heavy atom. The number of imidazole rings is 1. The van der Waals surface area contributed by atoms with Crippen LogP contribution in [-0.2, 0) is 12.8 Å². The molecule has 3 aromatic rings. The number of piperidine rings is 1. The number of nitrogens with one attached hydrogen (secondary N) is 1. The van der Waals surface area contributed by atoms with Crippen LogP contribution in [0.25, 0.3) is 0 Å². The highest BCUT2D eigenvalue weighted by Gasteiger charge is 2.25. The summed E-state index contributed by atoms with van der Waals surface area (Å²) in [6, 6.07) is 16.9.